The number of amides is 1. The summed E-state index contributed by atoms with van der Waals surface area (Å²) in [6, 6.07) is 7.93. The third-order valence-electron chi connectivity index (χ3n) is 3.38. The second-order valence-corrected chi connectivity index (χ2v) is 6.98. The monoisotopic (exact) mass is 316 g/mol. The first kappa shape index (κ1) is 16.7. The van der Waals surface area contributed by atoms with Crippen molar-refractivity contribution in [3.63, 3.8) is 0 Å². The molecule has 0 saturated heterocycles. The fraction of sp³-hybridized carbons (Fsp3) is 0.444. The maximum atomic E-state index is 12.1. The Morgan fingerprint density at radius 3 is 2.59 bits per heavy atom. The van der Waals surface area contributed by atoms with Crippen LogP contribution < -0.4 is 5.32 Å². The molecule has 3 nitrogen and oxygen atoms in total. The summed E-state index contributed by atoms with van der Waals surface area (Å²) in [5.74, 6) is 0.639. The number of hydrogen-bond acceptors (Lipinski definition) is 3. The lowest BCUT2D eigenvalue weighted by atomic mass is 10.0. The van der Waals surface area contributed by atoms with Gasteiger partial charge in [0, 0.05) is 29.6 Å². The van der Waals surface area contributed by atoms with Gasteiger partial charge in [0.2, 0.25) is 0 Å². The molecule has 22 heavy (non-hydrogen) atoms. The van der Waals surface area contributed by atoms with Gasteiger partial charge in [-0.2, -0.15) is 0 Å². The van der Waals surface area contributed by atoms with Crippen molar-refractivity contribution in [3.05, 3.63) is 51.5 Å². The second-order valence-electron chi connectivity index (χ2n) is 6.04. The fourth-order valence-electron chi connectivity index (χ4n) is 2.32. The molecule has 118 valence electrons. The molecule has 1 N–H and O–H groups in total. The highest BCUT2D eigenvalue weighted by molar-refractivity contribution is 7.09. The molecule has 1 aromatic heterocycles. The third kappa shape index (κ3) is 5.26. The highest BCUT2D eigenvalue weighted by atomic mass is 32.1. The van der Waals surface area contributed by atoms with E-state index in [9.17, 15) is 4.79 Å². The van der Waals surface area contributed by atoms with Crippen LogP contribution in [0, 0.1) is 12.8 Å². The van der Waals surface area contributed by atoms with E-state index in [1.54, 1.807) is 11.3 Å². The fourth-order valence-corrected chi connectivity index (χ4v) is 3.14. The van der Waals surface area contributed by atoms with E-state index in [-0.39, 0.29) is 5.91 Å². The molecule has 0 spiro atoms. The van der Waals surface area contributed by atoms with E-state index in [0.29, 0.717) is 12.5 Å². The van der Waals surface area contributed by atoms with Crippen molar-refractivity contribution in [2.45, 2.75) is 40.0 Å². The third-order valence-corrected chi connectivity index (χ3v) is 4.41. The molecule has 0 aliphatic carbocycles. The van der Waals surface area contributed by atoms with Crippen LogP contribution in [0.25, 0.3) is 0 Å². The van der Waals surface area contributed by atoms with Crippen LogP contribution in [0.3, 0.4) is 0 Å². The number of hydrogen-bond donors (Lipinski definition) is 1. The molecule has 0 bridgehead atoms. The average molecular weight is 316 g/mol. The Bertz CT molecular complexity index is 602. The SMILES string of the molecule is Cc1csc(CCCNC(=O)c2ccc(CC(C)C)cc2)n1. The predicted octanol–water partition coefficient (Wildman–Crippen LogP) is 4.01. The number of thiazole rings is 1. The first-order valence-electron chi connectivity index (χ1n) is 7.82. The standard InChI is InChI=1S/C18H24N2OS/c1-13(2)11-15-6-8-16(9-7-15)18(21)19-10-4-5-17-20-14(3)12-22-17/h6-9,12-13H,4-5,10-11H2,1-3H3,(H,19,21). The van der Waals surface area contributed by atoms with Crippen molar-refractivity contribution in [2.75, 3.05) is 6.54 Å². The Morgan fingerprint density at radius 2 is 2.00 bits per heavy atom. The zero-order valence-electron chi connectivity index (χ0n) is 13.6. The van der Waals surface area contributed by atoms with Gasteiger partial charge in [-0.05, 0) is 43.4 Å². The first-order valence-corrected chi connectivity index (χ1v) is 8.70. The zero-order chi connectivity index (χ0) is 15.9. The van der Waals surface area contributed by atoms with Crippen LogP contribution in [0.5, 0.6) is 0 Å². The number of aryl methyl sites for hydroxylation is 2. The van der Waals surface area contributed by atoms with Crippen LogP contribution in [-0.4, -0.2) is 17.4 Å². The Balaban J connectivity index is 1.74. The van der Waals surface area contributed by atoms with Crippen LogP contribution in [0.1, 0.15) is 46.9 Å². The molecule has 0 saturated carbocycles. The van der Waals surface area contributed by atoms with E-state index < -0.39 is 0 Å². The lowest BCUT2D eigenvalue weighted by Crippen LogP contribution is -2.24. The first-order chi connectivity index (χ1) is 10.5. The molecular weight excluding hydrogens is 292 g/mol. The lowest BCUT2D eigenvalue weighted by Gasteiger charge is -2.07. The molecule has 0 atom stereocenters. The topological polar surface area (TPSA) is 42.0 Å². The van der Waals surface area contributed by atoms with Gasteiger partial charge < -0.3 is 5.32 Å². The van der Waals surface area contributed by atoms with Gasteiger partial charge >= 0.3 is 0 Å². The number of rotatable bonds is 7. The molecule has 1 aromatic carbocycles. The summed E-state index contributed by atoms with van der Waals surface area (Å²) in [6.07, 6.45) is 2.89. The number of carbonyl (C=O) groups is 1. The quantitative estimate of drug-likeness (QED) is 0.784. The molecule has 0 fully saturated rings. The van der Waals surface area contributed by atoms with Gasteiger partial charge in [-0.1, -0.05) is 26.0 Å². The molecule has 0 aliphatic heterocycles. The van der Waals surface area contributed by atoms with Gasteiger partial charge in [0.25, 0.3) is 5.91 Å². The Morgan fingerprint density at radius 1 is 1.27 bits per heavy atom. The number of aromatic nitrogens is 1. The summed E-state index contributed by atoms with van der Waals surface area (Å²) < 4.78 is 0. The number of nitrogens with zero attached hydrogens (tertiary/aromatic N) is 1. The molecule has 2 rings (SSSR count). The van der Waals surface area contributed by atoms with E-state index in [1.165, 1.54) is 5.56 Å². The minimum atomic E-state index is 0.00594. The maximum Gasteiger partial charge on any atom is 0.251 e. The molecule has 4 heteroatoms. The number of carbonyl (C=O) groups excluding carboxylic acids is 1. The summed E-state index contributed by atoms with van der Waals surface area (Å²) in [5.41, 5.74) is 3.09. The smallest absolute Gasteiger partial charge is 0.251 e. The van der Waals surface area contributed by atoms with Crippen LogP contribution in [0.4, 0.5) is 0 Å². The van der Waals surface area contributed by atoms with Crippen LogP contribution in [-0.2, 0) is 12.8 Å². The van der Waals surface area contributed by atoms with E-state index >= 15 is 0 Å². The van der Waals surface area contributed by atoms with Crippen LogP contribution in [0.2, 0.25) is 0 Å². The van der Waals surface area contributed by atoms with Crippen LogP contribution in [0.15, 0.2) is 29.6 Å². The lowest BCUT2D eigenvalue weighted by molar-refractivity contribution is 0.0953. The summed E-state index contributed by atoms with van der Waals surface area (Å²) in [5, 5.41) is 6.18. The largest absolute Gasteiger partial charge is 0.352 e. The minimum absolute atomic E-state index is 0.00594. The van der Waals surface area contributed by atoms with E-state index in [2.05, 4.69) is 29.5 Å². The van der Waals surface area contributed by atoms with Gasteiger partial charge in [0.1, 0.15) is 0 Å². The van der Waals surface area contributed by atoms with Crippen LogP contribution >= 0.6 is 11.3 Å². The van der Waals surface area contributed by atoms with Gasteiger partial charge in [-0.3, -0.25) is 4.79 Å². The van der Waals surface area contributed by atoms with Crippen molar-refractivity contribution in [2.24, 2.45) is 5.92 Å². The normalized spacial score (nSPS) is 10.9. The molecule has 0 radical (unpaired) electrons. The van der Waals surface area contributed by atoms with Gasteiger partial charge in [-0.25, -0.2) is 4.98 Å². The molecule has 1 heterocycles. The van der Waals surface area contributed by atoms with Crippen molar-refractivity contribution >= 4 is 17.2 Å². The zero-order valence-corrected chi connectivity index (χ0v) is 14.4. The molecule has 0 aliphatic rings. The van der Waals surface area contributed by atoms with Gasteiger partial charge in [0.05, 0.1) is 5.01 Å². The Hall–Kier alpha value is -1.68. The number of benzene rings is 1. The van der Waals surface area contributed by atoms with Crippen molar-refractivity contribution < 1.29 is 4.79 Å². The van der Waals surface area contributed by atoms with Gasteiger partial charge in [-0.15, -0.1) is 11.3 Å². The molecule has 2 aromatic rings. The Kier molecular flexibility index (Phi) is 6.13. The number of nitrogens with one attached hydrogen (secondary N) is 1. The van der Waals surface area contributed by atoms with Crippen molar-refractivity contribution in [1.29, 1.82) is 0 Å². The van der Waals surface area contributed by atoms with E-state index in [0.717, 1.165) is 35.5 Å². The summed E-state index contributed by atoms with van der Waals surface area (Å²) >= 11 is 1.69. The molecule has 1 amide bonds. The molecule has 0 unspecified atom stereocenters. The van der Waals surface area contributed by atoms with Crippen molar-refractivity contribution in [1.82, 2.24) is 10.3 Å². The van der Waals surface area contributed by atoms with Crippen molar-refractivity contribution in [3.8, 4) is 0 Å². The highest BCUT2D eigenvalue weighted by Crippen LogP contribution is 2.11. The predicted molar refractivity (Wildman–Crippen MR) is 92.5 cm³/mol. The molecular formula is C18H24N2OS. The summed E-state index contributed by atoms with van der Waals surface area (Å²) in [7, 11) is 0. The van der Waals surface area contributed by atoms with E-state index in [4.69, 9.17) is 0 Å². The maximum absolute atomic E-state index is 12.1. The average Bonchev–Trinajstić information content (AvgIpc) is 2.89. The summed E-state index contributed by atoms with van der Waals surface area (Å²) in [4.78, 5) is 16.5. The highest BCUT2D eigenvalue weighted by Gasteiger charge is 2.06. The summed E-state index contributed by atoms with van der Waals surface area (Å²) in [6.45, 7) is 7.09. The Labute approximate surface area is 136 Å². The second kappa shape index (κ2) is 8.08. The van der Waals surface area contributed by atoms with E-state index in [1.807, 2.05) is 31.2 Å². The minimum Gasteiger partial charge on any atom is -0.352 e. The van der Waals surface area contributed by atoms with Gasteiger partial charge in [0.15, 0.2) is 0 Å².